The van der Waals surface area contributed by atoms with Crippen molar-refractivity contribution < 1.29 is 14.3 Å². The average molecular weight is 170 g/mol. The van der Waals surface area contributed by atoms with Crippen molar-refractivity contribution in [2.45, 2.75) is 26.4 Å². The Balaban J connectivity index is 0.000000150. The Morgan fingerprint density at radius 1 is 1.50 bits per heavy atom. The first-order chi connectivity index (χ1) is 5.59. The van der Waals surface area contributed by atoms with Crippen molar-refractivity contribution in [3.05, 3.63) is 12.3 Å². The molecule has 2 heterocycles. The summed E-state index contributed by atoms with van der Waals surface area (Å²) >= 11 is 0. The van der Waals surface area contributed by atoms with Crippen molar-refractivity contribution in [3.8, 4) is 0 Å². The third-order valence-electron chi connectivity index (χ3n) is 1.68. The Labute approximate surface area is 72.4 Å². The zero-order chi connectivity index (χ0) is 9.14. The molecule has 2 aliphatic rings. The molecule has 0 spiro atoms. The zero-order valence-corrected chi connectivity index (χ0v) is 7.50. The lowest BCUT2D eigenvalue weighted by Crippen LogP contribution is -2.00. The van der Waals surface area contributed by atoms with Crippen LogP contribution in [0.4, 0.5) is 0 Å². The van der Waals surface area contributed by atoms with Crippen LogP contribution < -0.4 is 0 Å². The summed E-state index contributed by atoms with van der Waals surface area (Å²) in [4.78, 5) is 10.5. The third-order valence-corrected chi connectivity index (χ3v) is 1.68. The summed E-state index contributed by atoms with van der Waals surface area (Å²) in [5, 5.41) is 0. The van der Waals surface area contributed by atoms with Gasteiger partial charge in [0.2, 0.25) is 0 Å². The van der Waals surface area contributed by atoms with Crippen LogP contribution in [0.5, 0.6) is 0 Å². The van der Waals surface area contributed by atoms with Gasteiger partial charge in [-0.2, -0.15) is 0 Å². The van der Waals surface area contributed by atoms with Crippen LogP contribution in [0.15, 0.2) is 12.3 Å². The highest BCUT2D eigenvalue weighted by molar-refractivity contribution is 5.75. The lowest BCUT2D eigenvalue weighted by Gasteiger charge is -1.88. The lowest BCUT2D eigenvalue weighted by molar-refractivity contribution is -0.138. The van der Waals surface area contributed by atoms with E-state index in [1.165, 1.54) is 0 Å². The minimum absolute atomic E-state index is 0.0301. The molecule has 0 aromatic rings. The summed E-state index contributed by atoms with van der Waals surface area (Å²) < 4.78 is 9.35. The van der Waals surface area contributed by atoms with Gasteiger partial charge >= 0.3 is 5.97 Å². The smallest absolute Gasteiger partial charge is 0.314 e. The van der Waals surface area contributed by atoms with E-state index in [0.29, 0.717) is 18.3 Å². The molecule has 0 aromatic heterocycles. The van der Waals surface area contributed by atoms with E-state index in [-0.39, 0.29) is 11.9 Å². The van der Waals surface area contributed by atoms with Crippen molar-refractivity contribution in [1.82, 2.24) is 0 Å². The molecule has 2 rings (SSSR count). The molecular weight excluding hydrogens is 156 g/mol. The van der Waals surface area contributed by atoms with Crippen LogP contribution in [0.2, 0.25) is 0 Å². The predicted octanol–water partition coefficient (Wildman–Crippen LogP) is 1.49. The molecule has 2 saturated heterocycles. The molecular formula is C9H14O3. The van der Waals surface area contributed by atoms with Crippen molar-refractivity contribution in [2.24, 2.45) is 5.92 Å². The maximum absolute atomic E-state index is 10.5. The molecule has 0 N–H and O–H groups in total. The SMILES string of the molecule is C=C1CC(C)C(=O)O1.CC1CO1. The number of cyclic esters (lactones) is 1. The van der Waals surface area contributed by atoms with Gasteiger partial charge in [0.15, 0.2) is 0 Å². The molecule has 68 valence electrons. The highest BCUT2D eigenvalue weighted by atomic mass is 16.6. The van der Waals surface area contributed by atoms with Crippen molar-refractivity contribution >= 4 is 5.97 Å². The predicted molar refractivity (Wildman–Crippen MR) is 44.4 cm³/mol. The highest BCUT2D eigenvalue weighted by Gasteiger charge is 2.24. The second kappa shape index (κ2) is 3.72. The number of carbonyl (C=O) groups excluding carboxylic acids is 1. The summed E-state index contributed by atoms with van der Waals surface area (Å²) in [6.07, 6.45) is 1.28. The molecule has 2 atom stereocenters. The Bertz CT molecular complexity index is 194. The Kier molecular flexibility index (Phi) is 2.87. The van der Waals surface area contributed by atoms with Gasteiger partial charge < -0.3 is 9.47 Å². The average Bonchev–Trinajstić information content (AvgIpc) is 2.66. The number of ether oxygens (including phenoxy) is 2. The number of hydrogen-bond acceptors (Lipinski definition) is 3. The van der Waals surface area contributed by atoms with Crippen LogP contribution >= 0.6 is 0 Å². The molecule has 0 aliphatic carbocycles. The van der Waals surface area contributed by atoms with Gasteiger partial charge in [-0.1, -0.05) is 13.5 Å². The highest BCUT2D eigenvalue weighted by Crippen LogP contribution is 2.21. The minimum atomic E-state index is -0.144. The van der Waals surface area contributed by atoms with E-state index >= 15 is 0 Å². The summed E-state index contributed by atoms with van der Waals surface area (Å²) in [5.74, 6) is 0.486. The molecule has 0 aromatic carbocycles. The summed E-state index contributed by atoms with van der Waals surface area (Å²) in [5.41, 5.74) is 0. The molecule has 0 radical (unpaired) electrons. The van der Waals surface area contributed by atoms with E-state index in [2.05, 4.69) is 18.2 Å². The largest absolute Gasteiger partial charge is 0.431 e. The van der Waals surface area contributed by atoms with Gasteiger partial charge in [-0.3, -0.25) is 4.79 Å². The first kappa shape index (κ1) is 9.26. The Morgan fingerprint density at radius 3 is 2.08 bits per heavy atom. The first-order valence-electron chi connectivity index (χ1n) is 4.10. The molecule has 2 unspecified atom stereocenters. The second-order valence-electron chi connectivity index (χ2n) is 3.21. The maximum Gasteiger partial charge on any atom is 0.314 e. The Morgan fingerprint density at radius 2 is 2.00 bits per heavy atom. The van der Waals surface area contributed by atoms with Gasteiger partial charge in [-0.05, 0) is 6.92 Å². The molecule has 2 aliphatic heterocycles. The van der Waals surface area contributed by atoms with Gasteiger partial charge in [0.25, 0.3) is 0 Å². The van der Waals surface area contributed by atoms with E-state index in [4.69, 9.17) is 4.74 Å². The van der Waals surface area contributed by atoms with Crippen LogP contribution in [-0.2, 0) is 14.3 Å². The molecule has 3 heteroatoms. The molecule has 0 bridgehead atoms. The van der Waals surface area contributed by atoms with Gasteiger partial charge in [-0.15, -0.1) is 0 Å². The maximum atomic E-state index is 10.5. The molecule has 0 saturated carbocycles. The van der Waals surface area contributed by atoms with Crippen LogP contribution in [0.25, 0.3) is 0 Å². The monoisotopic (exact) mass is 170 g/mol. The molecule has 3 nitrogen and oxygen atoms in total. The zero-order valence-electron chi connectivity index (χ0n) is 7.50. The van der Waals surface area contributed by atoms with E-state index in [1.807, 2.05) is 6.92 Å². The van der Waals surface area contributed by atoms with E-state index in [1.54, 1.807) is 0 Å². The van der Waals surface area contributed by atoms with Crippen molar-refractivity contribution in [3.63, 3.8) is 0 Å². The Hall–Kier alpha value is -0.830. The van der Waals surface area contributed by atoms with Gasteiger partial charge in [0.05, 0.1) is 18.6 Å². The molecule has 12 heavy (non-hydrogen) atoms. The fourth-order valence-corrected chi connectivity index (χ4v) is 0.806. The topological polar surface area (TPSA) is 38.8 Å². The minimum Gasteiger partial charge on any atom is -0.431 e. The molecule has 2 fully saturated rings. The second-order valence-corrected chi connectivity index (χ2v) is 3.21. The van der Waals surface area contributed by atoms with E-state index in [9.17, 15) is 4.79 Å². The number of esters is 1. The lowest BCUT2D eigenvalue weighted by atomic mass is 10.1. The van der Waals surface area contributed by atoms with Crippen LogP contribution in [0, 0.1) is 5.92 Å². The van der Waals surface area contributed by atoms with Crippen LogP contribution in [0.3, 0.4) is 0 Å². The van der Waals surface area contributed by atoms with Gasteiger partial charge in [-0.25, -0.2) is 0 Å². The fraction of sp³-hybridized carbons (Fsp3) is 0.667. The number of allylic oxidation sites excluding steroid dienone is 1. The van der Waals surface area contributed by atoms with Gasteiger partial charge in [0, 0.05) is 6.42 Å². The van der Waals surface area contributed by atoms with Crippen molar-refractivity contribution in [1.29, 1.82) is 0 Å². The van der Waals surface area contributed by atoms with Gasteiger partial charge in [0.1, 0.15) is 5.76 Å². The summed E-state index contributed by atoms with van der Waals surface area (Å²) in [7, 11) is 0. The quantitative estimate of drug-likeness (QED) is 0.408. The normalized spacial score (nSPS) is 32.2. The summed E-state index contributed by atoms with van der Waals surface area (Å²) in [6.45, 7) is 8.39. The van der Waals surface area contributed by atoms with E-state index in [0.717, 1.165) is 6.61 Å². The summed E-state index contributed by atoms with van der Waals surface area (Å²) in [6, 6.07) is 0. The number of epoxide rings is 1. The van der Waals surface area contributed by atoms with Crippen LogP contribution in [-0.4, -0.2) is 18.7 Å². The number of carbonyl (C=O) groups is 1. The van der Waals surface area contributed by atoms with E-state index < -0.39 is 0 Å². The molecule has 0 amide bonds. The fourth-order valence-electron chi connectivity index (χ4n) is 0.806. The number of rotatable bonds is 0. The first-order valence-corrected chi connectivity index (χ1v) is 4.10. The number of hydrogen-bond donors (Lipinski definition) is 0. The van der Waals surface area contributed by atoms with Crippen LogP contribution in [0.1, 0.15) is 20.3 Å². The standard InChI is InChI=1S/C6H8O2.C3H6O/c1-4-3-5(2)8-6(4)7;1-3-2-4-3/h4H,2-3H2,1H3;3H,2H2,1H3. The third kappa shape index (κ3) is 3.05. The van der Waals surface area contributed by atoms with Crippen molar-refractivity contribution in [2.75, 3.05) is 6.61 Å².